The van der Waals surface area contributed by atoms with Crippen LogP contribution < -0.4 is 9.47 Å². The lowest BCUT2D eigenvalue weighted by Gasteiger charge is -2.32. The Morgan fingerprint density at radius 1 is 1.16 bits per heavy atom. The molecule has 1 amide bonds. The molecule has 0 spiro atoms. The predicted molar refractivity (Wildman–Crippen MR) is 108 cm³/mol. The molecule has 0 atom stereocenters. The molecule has 170 valence electrons. The summed E-state index contributed by atoms with van der Waals surface area (Å²) in [6, 6.07) is 6.30. The monoisotopic (exact) mass is 449 g/mol. The Labute approximate surface area is 182 Å². The molecular formula is C21H22F3N5O3. The first-order valence-electron chi connectivity index (χ1n) is 10.1. The van der Waals surface area contributed by atoms with Crippen molar-refractivity contribution in [1.29, 1.82) is 0 Å². The summed E-state index contributed by atoms with van der Waals surface area (Å²) in [6.45, 7) is 0.855. The van der Waals surface area contributed by atoms with Crippen molar-refractivity contribution in [3.63, 3.8) is 0 Å². The first-order valence-corrected chi connectivity index (χ1v) is 10.1. The van der Waals surface area contributed by atoms with Crippen LogP contribution >= 0.6 is 0 Å². The van der Waals surface area contributed by atoms with E-state index in [0.29, 0.717) is 53.2 Å². The highest BCUT2D eigenvalue weighted by atomic mass is 19.4. The third-order valence-corrected chi connectivity index (χ3v) is 5.66. The van der Waals surface area contributed by atoms with Gasteiger partial charge < -0.3 is 14.4 Å². The van der Waals surface area contributed by atoms with Crippen LogP contribution in [-0.4, -0.2) is 57.7 Å². The molecule has 1 saturated heterocycles. The SMILES string of the molecule is COc1ccc(OC)c(CC(=O)N2CCC(c3cc(C(F)(F)F)n4ncnc4n3)CC2)c1. The summed E-state index contributed by atoms with van der Waals surface area (Å²) in [5.74, 6) is 0.862. The van der Waals surface area contributed by atoms with E-state index < -0.39 is 11.9 Å². The van der Waals surface area contributed by atoms with Gasteiger partial charge in [0.2, 0.25) is 5.91 Å². The van der Waals surface area contributed by atoms with Gasteiger partial charge in [-0.2, -0.15) is 27.8 Å². The van der Waals surface area contributed by atoms with Crippen molar-refractivity contribution < 1.29 is 27.4 Å². The van der Waals surface area contributed by atoms with Crippen LogP contribution in [0.2, 0.25) is 0 Å². The van der Waals surface area contributed by atoms with Crippen molar-refractivity contribution in [3.8, 4) is 11.5 Å². The van der Waals surface area contributed by atoms with Crippen molar-refractivity contribution in [1.82, 2.24) is 24.5 Å². The summed E-state index contributed by atoms with van der Waals surface area (Å²) in [7, 11) is 3.09. The number of likely N-dealkylation sites (tertiary alicyclic amines) is 1. The zero-order valence-electron chi connectivity index (χ0n) is 17.6. The quantitative estimate of drug-likeness (QED) is 0.596. The molecule has 3 heterocycles. The molecule has 32 heavy (non-hydrogen) atoms. The Kier molecular flexibility index (Phi) is 5.90. The van der Waals surface area contributed by atoms with E-state index in [9.17, 15) is 18.0 Å². The molecule has 1 fully saturated rings. The number of rotatable bonds is 5. The molecule has 0 saturated carbocycles. The predicted octanol–water partition coefficient (Wildman–Crippen LogP) is 3.11. The Morgan fingerprint density at radius 2 is 1.91 bits per heavy atom. The summed E-state index contributed by atoms with van der Waals surface area (Å²) in [5, 5.41) is 3.62. The Morgan fingerprint density at radius 3 is 2.56 bits per heavy atom. The van der Waals surface area contributed by atoms with Gasteiger partial charge in [0, 0.05) is 30.3 Å². The summed E-state index contributed by atoms with van der Waals surface area (Å²) in [4.78, 5) is 22.7. The fourth-order valence-corrected chi connectivity index (χ4v) is 3.96. The number of carbonyl (C=O) groups is 1. The van der Waals surface area contributed by atoms with E-state index in [1.165, 1.54) is 7.11 Å². The molecule has 8 nitrogen and oxygen atoms in total. The first kappa shape index (κ1) is 21.8. The molecule has 0 radical (unpaired) electrons. The molecule has 11 heteroatoms. The van der Waals surface area contributed by atoms with Crippen molar-refractivity contribution in [3.05, 3.63) is 47.5 Å². The summed E-state index contributed by atoms with van der Waals surface area (Å²) < 4.78 is 51.6. The molecule has 0 unspecified atom stereocenters. The minimum Gasteiger partial charge on any atom is -0.497 e. The minimum absolute atomic E-state index is 0.0770. The van der Waals surface area contributed by atoms with Crippen LogP contribution in [0, 0.1) is 0 Å². The number of aromatic nitrogens is 4. The lowest BCUT2D eigenvalue weighted by atomic mass is 9.92. The Hall–Kier alpha value is -3.37. The van der Waals surface area contributed by atoms with E-state index in [1.807, 2.05) is 0 Å². The van der Waals surface area contributed by atoms with Crippen LogP contribution in [-0.2, 0) is 17.4 Å². The van der Waals surface area contributed by atoms with Gasteiger partial charge in [0.15, 0.2) is 5.69 Å². The third-order valence-electron chi connectivity index (χ3n) is 5.66. The molecule has 2 aromatic heterocycles. The van der Waals surface area contributed by atoms with E-state index in [4.69, 9.17) is 9.47 Å². The molecule has 0 N–H and O–H groups in total. The van der Waals surface area contributed by atoms with Gasteiger partial charge in [-0.25, -0.2) is 4.98 Å². The fraction of sp³-hybridized carbons (Fsp3) is 0.429. The maximum atomic E-state index is 13.4. The summed E-state index contributed by atoms with van der Waals surface area (Å²) >= 11 is 0. The van der Waals surface area contributed by atoms with E-state index in [-0.39, 0.29) is 24.0 Å². The maximum Gasteiger partial charge on any atom is 0.433 e. The van der Waals surface area contributed by atoms with Crippen molar-refractivity contribution >= 4 is 11.7 Å². The highest BCUT2D eigenvalue weighted by Gasteiger charge is 2.36. The van der Waals surface area contributed by atoms with Crippen molar-refractivity contribution in [2.75, 3.05) is 27.3 Å². The van der Waals surface area contributed by atoms with E-state index in [1.54, 1.807) is 30.2 Å². The van der Waals surface area contributed by atoms with Crippen LogP contribution in [0.4, 0.5) is 13.2 Å². The Bertz CT molecular complexity index is 1120. The van der Waals surface area contributed by atoms with Crippen LogP contribution in [0.25, 0.3) is 5.78 Å². The van der Waals surface area contributed by atoms with Gasteiger partial charge in [-0.1, -0.05) is 0 Å². The molecule has 1 aliphatic heterocycles. The molecular weight excluding hydrogens is 427 g/mol. The number of hydrogen-bond acceptors (Lipinski definition) is 6. The number of halogens is 3. The average Bonchev–Trinajstić information content (AvgIpc) is 3.26. The van der Waals surface area contributed by atoms with Crippen molar-refractivity contribution in [2.45, 2.75) is 31.4 Å². The molecule has 1 aromatic carbocycles. The maximum absolute atomic E-state index is 13.4. The standard InChI is InChI=1S/C21H22F3N5O3/c1-31-15-3-4-17(32-2)14(9-15)10-19(30)28-7-5-13(6-8-28)16-11-18(21(22,23)24)29-20(27-16)25-12-26-29/h3-4,9,11-13H,5-8,10H2,1-2H3. The lowest BCUT2D eigenvalue weighted by molar-refractivity contribution is -0.142. The summed E-state index contributed by atoms with van der Waals surface area (Å²) in [6.07, 6.45) is -2.36. The van der Waals surface area contributed by atoms with Gasteiger partial charge in [-0.05, 0) is 37.1 Å². The number of fused-ring (bicyclic) bond motifs is 1. The van der Waals surface area contributed by atoms with Gasteiger partial charge >= 0.3 is 6.18 Å². The van der Waals surface area contributed by atoms with E-state index in [0.717, 1.165) is 12.4 Å². The smallest absolute Gasteiger partial charge is 0.433 e. The van der Waals surface area contributed by atoms with Crippen molar-refractivity contribution in [2.24, 2.45) is 0 Å². The molecule has 3 aromatic rings. The van der Waals surface area contributed by atoms with Crippen LogP contribution in [0.3, 0.4) is 0 Å². The van der Waals surface area contributed by atoms with E-state index in [2.05, 4.69) is 15.1 Å². The van der Waals surface area contributed by atoms with Gasteiger partial charge in [-0.15, -0.1) is 0 Å². The fourth-order valence-electron chi connectivity index (χ4n) is 3.96. The minimum atomic E-state index is -4.57. The van der Waals surface area contributed by atoms with Gasteiger partial charge in [0.25, 0.3) is 5.78 Å². The van der Waals surface area contributed by atoms with Crippen LogP contribution in [0.15, 0.2) is 30.6 Å². The molecule has 1 aliphatic rings. The number of carbonyl (C=O) groups excluding carboxylic acids is 1. The number of piperidine rings is 1. The zero-order valence-corrected chi connectivity index (χ0v) is 17.6. The second-order valence-corrected chi connectivity index (χ2v) is 7.55. The average molecular weight is 449 g/mol. The van der Waals surface area contributed by atoms with Gasteiger partial charge in [0.1, 0.15) is 17.8 Å². The highest BCUT2D eigenvalue weighted by Crippen LogP contribution is 2.34. The number of amides is 1. The number of nitrogens with zero attached hydrogens (tertiary/aromatic N) is 5. The van der Waals surface area contributed by atoms with E-state index >= 15 is 0 Å². The number of methoxy groups -OCH3 is 2. The number of benzene rings is 1. The topological polar surface area (TPSA) is 81.9 Å². The van der Waals surface area contributed by atoms with Gasteiger partial charge in [-0.3, -0.25) is 4.79 Å². The lowest BCUT2D eigenvalue weighted by Crippen LogP contribution is -2.39. The first-order chi connectivity index (χ1) is 15.3. The third kappa shape index (κ3) is 4.32. The second kappa shape index (κ2) is 8.64. The van der Waals surface area contributed by atoms with Gasteiger partial charge in [0.05, 0.1) is 20.6 Å². The second-order valence-electron chi connectivity index (χ2n) is 7.55. The summed E-state index contributed by atoms with van der Waals surface area (Å²) in [5.41, 5.74) is 0.130. The number of alkyl halides is 3. The largest absolute Gasteiger partial charge is 0.497 e. The highest BCUT2D eigenvalue weighted by molar-refractivity contribution is 5.79. The van der Waals surface area contributed by atoms with Crippen LogP contribution in [0.5, 0.6) is 11.5 Å². The Balaban J connectivity index is 1.46. The molecule has 0 aliphatic carbocycles. The zero-order chi connectivity index (χ0) is 22.9. The normalized spacial score (nSPS) is 15.2. The van der Waals surface area contributed by atoms with Crippen LogP contribution in [0.1, 0.15) is 35.7 Å². The molecule has 4 rings (SSSR count). The number of ether oxygens (including phenoxy) is 2. The molecule has 0 bridgehead atoms. The number of hydrogen-bond donors (Lipinski definition) is 0.